The Hall–Kier alpha value is -1.14. The summed E-state index contributed by atoms with van der Waals surface area (Å²) < 4.78 is 0.810. The summed E-state index contributed by atoms with van der Waals surface area (Å²) in [4.78, 5) is 15.6. The first-order valence-corrected chi connectivity index (χ1v) is 5.21. The van der Waals surface area contributed by atoms with Crippen LogP contribution in [0.3, 0.4) is 0 Å². The van der Waals surface area contributed by atoms with Gasteiger partial charge in [-0.25, -0.2) is 4.98 Å². The van der Waals surface area contributed by atoms with Crippen LogP contribution in [0.1, 0.15) is 6.92 Å². The molecule has 0 bridgehead atoms. The van der Waals surface area contributed by atoms with Gasteiger partial charge in [0.15, 0.2) is 11.4 Å². The zero-order chi connectivity index (χ0) is 11.1. The van der Waals surface area contributed by atoms with Crippen molar-refractivity contribution < 1.29 is 9.90 Å². The third-order valence-corrected chi connectivity index (χ3v) is 2.63. The predicted octanol–water partition coefficient (Wildman–Crippen LogP) is 0.959. The van der Waals surface area contributed by atoms with Crippen LogP contribution in [0.2, 0.25) is 0 Å². The molecular formula is C9H10BrN3O2. The maximum Gasteiger partial charge on any atom is 0.259 e. The first kappa shape index (κ1) is 10.4. The molecule has 0 aromatic carbocycles. The Morgan fingerprint density at radius 2 is 2.40 bits per heavy atom. The summed E-state index contributed by atoms with van der Waals surface area (Å²) in [5, 5.41) is 15.3. The number of nitrogens with zero attached hydrogens (tertiary/aromatic N) is 1. The maximum absolute atomic E-state index is 11.5. The third-order valence-electron chi connectivity index (χ3n) is 2.20. The normalized spacial score (nSPS) is 24.9. The van der Waals surface area contributed by atoms with E-state index >= 15 is 0 Å². The molecule has 15 heavy (non-hydrogen) atoms. The molecule has 1 aromatic heterocycles. The second-order valence-corrected chi connectivity index (χ2v) is 4.55. The molecule has 1 aromatic rings. The number of nitrogens with one attached hydrogen (secondary N) is 2. The molecule has 0 saturated heterocycles. The number of fused-ring (bicyclic) bond motifs is 1. The van der Waals surface area contributed by atoms with Crippen LogP contribution in [-0.2, 0) is 4.79 Å². The van der Waals surface area contributed by atoms with Gasteiger partial charge < -0.3 is 15.7 Å². The quantitative estimate of drug-likeness (QED) is 0.657. The van der Waals surface area contributed by atoms with Crippen LogP contribution in [0.5, 0.6) is 0 Å². The van der Waals surface area contributed by atoms with Crippen LogP contribution in [-0.4, -0.2) is 28.1 Å². The number of amides is 1. The largest absolute Gasteiger partial charge is 0.379 e. The van der Waals surface area contributed by atoms with Crippen LogP contribution >= 0.6 is 15.9 Å². The number of β-amino-alcohol motifs (C(OH)–C–C–N with tert-alkyl or cyclic N) is 1. The minimum Gasteiger partial charge on any atom is -0.379 e. The predicted molar refractivity (Wildman–Crippen MR) is 59.7 cm³/mol. The monoisotopic (exact) mass is 271 g/mol. The summed E-state index contributed by atoms with van der Waals surface area (Å²) in [5.41, 5.74) is -0.733. The van der Waals surface area contributed by atoms with Crippen molar-refractivity contribution in [3.8, 4) is 0 Å². The number of pyridine rings is 1. The molecule has 0 radical (unpaired) electrons. The van der Waals surface area contributed by atoms with Gasteiger partial charge in [0.25, 0.3) is 5.91 Å². The lowest BCUT2D eigenvalue weighted by molar-refractivity contribution is -0.131. The van der Waals surface area contributed by atoms with Crippen molar-refractivity contribution in [2.45, 2.75) is 12.5 Å². The molecule has 1 aliphatic rings. The molecule has 0 unspecified atom stereocenters. The average Bonchev–Trinajstić information content (AvgIpc) is 2.27. The van der Waals surface area contributed by atoms with Gasteiger partial charge in [0, 0.05) is 10.7 Å². The fraction of sp³-hybridized carbons (Fsp3) is 0.333. The van der Waals surface area contributed by atoms with Crippen molar-refractivity contribution in [3.05, 3.63) is 16.7 Å². The van der Waals surface area contributed by atoms with Gasteiger partial charge in [-0.3, -0.25) is 4.79 Å². The van der Waals surface area contributed by atoms with Gasteiger partial charge in [0.05, 0.1) is 12.2 Å². The van der Waals surface area contributed by atoms with Gasteiger partial charge in [-0.1, -0.05) is 0 Å². The molecular weight excluding hydrogens is 262 g/mol. The highest BCUT2D eigenvalue weighted by atomic mass is 79.9. The maximum atomic E-state index is 11.5. The van der Waals surface area contributed by atoms with Crippen molar-refractivity contribution in [2.75, 3.05) is 17.2 Å². The van der Waals surface area contributed by atoms with E-state index in [1.807, 2.05) is 0 Å². The number of rotatable bonds is 0. The molecule has 1 amide bonds. The lowest BCUT2D eigenvalue weighted by Gasteiger charge is -2.18. The lowest BCUT2D eigenvalue weighted by atomic mass is 10.1. The Morgan fingerprint density at radius 3 is 3.13 bits per heavy atom. The van der Waals surface area contributed by atoms with Gasteiger partial charge in [-0.2, -0.15) is 0 Å². The van der Waals surface area contributed by atoms with Crippen LogP contribution < -0.4 is 10.6 Å². The summed E-state index contributed by atoms with van der Waals surface area (Å²) in [6, 6.07) is 1.80. The van der Waals surface area contributed by atoms with Crippen molar-refractivity contribution in [2.24, 2.45) is 0 Å². The van der Waals surface area contributed by atoms with Crippen LogP contribution in [0.25, 0.3) is 0 Å². The van der Waals surface area contributed by atoms with Gasteiger partial charge in [-0.15, -0.1) is 0 Å². The van der Waals surface area contributed by atoms with Gasteiger partial charge in [0.1, 0.15) is 0 Å². The fourth-order valence-corrected chi connectivity index (χ4v) is 1.59. The highest BCUT2D eigenvalue weighted by molar-refractivity contribution is 9.10. The van der Waals surface area contributed by atoms with Crippen LogP contribution in [0, 0.1) is 0 Å². The number of carbonyl (C=O) groups is 1. The zero-order valence-corrected chi connectivity index (χ0v) is 9.63. The fourth-order valence-electron chi connectivity index (χ4n) is 1.26. The summed E-state index contributed by atoms with van der Waals surface area (Å²) >= 11 is 3.28. The van der Waals surface area contributed by atoms with Crippen LogP contribution in [0.4, 0.5) is 11.5 Å². The lowest BCUT2D eigenvalue weighted by Crippen LogP contribution is -2.43. The minimum atomic E-state index is -1.42. The Kier molecular flexibility index (Phi) is 2.40. The van der Waals surface area contributed by atoms with Crippen molar-refractivity contribution in [1.29, 1.82) is 0 Å². The molecule has 1 atom stereocenters. The molecule has 2 heterocycles. The second-order valence-electron chi connectivity index (χ2n) is 3.63. The highest BCUT2D eigenvalue weighted by Crippen LogP contribution is 2.26. The van der Waals surface area contributed by atoms with Gasteiger partial charge in [-0.05, 0) is 28.9 Å². The van der Waals surface area contributed by atoms with Gasteiger partial charge in [0.2, 0.25) is 0 Å². The summed E-state index contributed by atoms with van der Waals surface area (Å²) in [6.45, 7) is 1.61. The van der Waals surface area contributed by atoms with E-state index < -0.39 is 11.5 Å². The van der Waals surface area contributed by atoms with E-state index in [4.69, 9.17) is 0 Å². The Morgan fingerprint density at radius 1 is 1.67 bits per heavy atom. The summed E-state index contributed by atoms with van der Waals surface area (Å²) in [7, 11) is 0. The van der Waals surface area contributed by atoms with E-state index in [2.05, 4.69) is 31.5 Å². The SMILES string of the molecule is C[C@]1(O)CNc2cc(Br)cnc2NC1=O. The van der Waals surface area contributed by atoms with Crippen LogP contribution in [0.15, 0.2) is 16.7 Å². The van der Waals surface area contributed by atoms with E-state index in [0.717, 1.165) is 4.47 Å². The molecule has 6 heteroatoms. The molecule has 0 spiro atoms. The second kappa shape index (κ2) is 3.46. The first-order valence-electron chi connectivity index (χ1n) is 4.42. The van der Waals surface area contributed by atoms with Crippen molar-refractivity contribution >= 4 is 33.3 Å². The minimum absolute atomic E-state index is 0.157. The number of hydrogen-bond donors (Lipinski definition) is 3. The number of anilines is 2. The standard InChI is InChI=1S/C9H10BrN3O2/c1-9(15)4-12-6-2-5(10)3-11-7(6)13-8(9)14/h2-3,12,15H,4H2,1H3,(H,11,13,14)/t9-/m0/s1. The number of hydrogen-bond acceptors (Lipinski definition) is 4. The van der Waals surface area contributed by atoms with E-state index in [1.165, 1.54) is 6.92 Å². The average molecular weight is 272 g/mol. The van der Waals surface area contributed by atoms with Crippen molar-refractivity contribution in [3.63, 3.8) is 0 Å². The van der Waals surface area contributed by atoms with E-state index in [9.17, 15) is 9.90 Å². The number of carbonyl (C=O) groups excluding carboxylic acids is 1. The van der Waals surface area contributed by atoms with Gasteiger partial charge >= 0.3 is 0 Å². The molecule has 3 N–H and O–H groups in total. The molecule has 1 aliphatic heterocycles. The molecule has 2 rings (SSSR count). The Balaban J connectivity index is 2.40. The highest BCUT2D eigenvalue weighted by Gasteiger charge is 2.33. The Labute approximate surface area is 95.0 Å². The summed E-state index contributed by atoms with van der Waals surface area (Å²) in [5.74, 6) is -0.0236. The number of halogens is 1. The van der Waals surface area contributed by atoms with E-state index in [0.29, 0.717) is 11.5 Å². The third kappa shape index (κ3) is 1.95. The Bertz CT molecular complexity index is 420. The van der Waals surface area contributed by atoms with E-state index in [-0.39, 0.29) is 6.54 Å². The number of aliphatic hydroxyl groups is 1. The van der Waals surface area contributed by atoms with E-state index in [1.54, 1.807) is 12.3 Å². The first-order chi connectivity index (χ1) is 6.99. The summed E-state index contributed by atoms with van der Waals surface area (Å²) in [6.07, 6.45) is 1.58. The molecule has 5 nitrogen and oxygen atoms in total. The number of aromatic nitrogens is 1. The topological polar surface area (TPSA) is 74.2 Å². The smallest absolute Gasteiger partial charge is 0.259 e. The molecule has 0 saturated carbocycles. The molecule has 0 aliphatic carbocycles. The molecule has 80 valence electrons. The van der Waals surface area contributed by atoms with Crippen molar-refractivity contribution in [1.82, 2.24) is 4.98 Å². The zero-order valence-electron chi connectivity index (χ0n) is 8.04. The molecule has 0 fully saturated rings.